The summed E-state index contributed by atoms with van der Waals surface area (Å²) < 4.78 is 0. The van der Waals surface area contributed by atoms with E-state index in [1.165, 1.54) is 6.08 Å². The van der Waals surface area contributed by atoms with Gasteiger partial charge in [0.15, 0.2) is 5.78 Å². The highest BCUT2D eigenvalue weighted by atomic mass is 16.2. The summed E-state index contributed by atoms with van der Waals surface area (Å²) in [5, 5.41) is 0. The molecule has 0 atom stereocenters. The molecule has 0 aromatic carbocycles. The van der Waals surface area contributed by atoms with Crippen LogP contribution < -0.4 is 0 Å². The Balaban J connectivity index is 0. The predicted molar refractivity (Wildman–Crippen MR) is 63.7 cm³/mol. The summed E-state index contributed by atoms with van der Waals surface area (Å²) in [7, 11) is 1.74. The van der Waals surface area contributed by atoms with E-state index >= 15 is 0 Å². The van der Waals surface area contributed by atoms with Crippen LogP contribution in [0, 0.1) is 0 Å². The molecule has 0 saturated heterocycles. The van der Waals surface area contributed by atoms with Gasteiger partial charge in [-0.2, -0.15) is 0 Å². The largest absolute Gasteiger partial charge is 0.346 e. The molecular weight excluding hydrogens is 190 g/mol. The van der Waals surface area contributed by atoms with Crippen molar-refractivity contribution < 1.29 is 9.59 Å². The van der Waals surface area contributed by atoms with Gasteiger partial charge >= 0.3 is 0 Å². The third-order valence-corrected chi connectivity index (χ3v) is 1.84. The van der Waals surface area contributed by atoms with Crippen molar-refractivity contribution in [2.75, 3.05) is 13.6 Å². The highest BCUT2D eigenvalue weighted by Gasteiger charge is 2.07. The van der Waals surface area contributed by atoms with Gasteiger partial charge in [-0.1, -0.05) is 19.9 Å². The van der Waals surface area contributed by atoms with E-state index in [0.29, 0.717) is 19.4 Å². The molecule has 0 aromatic rings. The van der Waals surface area contributed by atoms with Crippen LogP contribution in [-0.4, -0.2) is 30.2 Å². The predicted octanol–water partition coefficient (Wildman–Crippen LogP) is 2.42. The first-order valence-corrected chi connectivity index (χ1v) is 5.51. The molecular formula is C12H23NO2. The number of nitrogens with zero attached hydrogens (tertiary/aromatic N) is 1. The van der Waals surface area contributed by atoms with Gasteiger partial charge < -0.3 is 4.90 Å². The Bertz CT molecular complexity index is 210. The minimum Gasteiger partial charge on any atom is -0.346 e. The number of carbonyl (C=O) groups is 2. The van der Waals surface area contributed by atoms with Crippen LogP contribution in [0.2, 0.25) is 0 Å². The molecule has 0 unspecified atom stereocenters. The van der Waals surface area contributed by atoms with Gasteiger partial charge in [-0.15, -0.1) is 0 Å². The lowest BCUT2D eigenvalue weighted by molar-refractivity contribution is -0.131. The van der Waals surface area contributed by atoms with Crippen molar-refractivity contribution in [3.05, 3.63) is 12.2 Å². The van der Waals surface area contributed by atoms with E-state index in [-0.39, 0.29) is 11.7 Å². The van der Waals surface area contributed by atoms with Crippen molar-refractivity contribution in [1.82, 2.24) is 4.90 Å². The molecule has 0 saturated carbocycles. The summed E-state index contributed by atoms with van der Waals surface area (Å²) in [5.74, 6) is 0.0423. The van der Waals surface area contributed by atoms with Gasteiger partial charge in [0.1, 0.15) is 0 Å². The Morgan fingerprint density at radius 1 is 1.20 bits per heavy atom. The van der Waals surface area contributed by atoms with Crippen LogP contribution in [0.15, 0.2) is 12.2 Å². The summed E-state index contributed by atoms with van der Waals surface area (Å²) in [6, 6.07) is 0. The minimum absolute atomic E-state index is 0.0142. The van der Waals surface area contributed by atoms with Crippen LogP contribution in [0.5, 0.6) is 0 Å². The molecule has 0 aliphatic heterocycles. The first-order chi connectivity index (χ1) is 7.11. The number of carbonyl (C=O) groups excluding carboxylic acids is 2. The van der Waals surface area contributed by atoms with Crippen molar-refractivity contribution in [3.63, 3.8) is 0 Å². The third kappa shape index (κ3) is 9.19. The molecule has 1 amide bonds. The van der Waals surface area contributed by atoms with Gasteiger partial charge in [-0.05, 0) is 19.9 Å². The van der Waals surface area contributed by atoms with Gasteiger partial charge in [0.05, 0.1) is 0 Å². The fourth-order valence-corrected chi connectivity index (χ4v) is 0.867. The molecule has 15 heavy (non-hydrogen) atoms. The smallest absolute Gasteiger partial charge is 0.222 e. The molecule has 0 aliphatic rings. The van der Waals surface area contributed by atoms with E-state index in [9.17, 15) is 9.59 Å². The zero-order valence-corrected chi connectivity index (χ0v) is 10.5. The van der Waals surface area contributed by atoms with Crippen molar-refractivity contribution >= 4 is 11.7 Å². The molecule has 0 bridgehead atoms. The van der Waals surface area contributed by atoms with Crippen molar-refractivity contribution in [3.8, 4) is 0 Å². The number of ketones is 1. The van der Waals surface area contributed by atoms with Crippen molar-refractivity contribution in [1.29, 1.82) is 0 Å². The lowest BCUT2D eigenvalue weighted by Crippen LogP contribution is -2.26. The second-order valence-corrected chi connectivity index (χ2v) is 2.87. The van der Waals surface area contributed by atoms with Crippen LogP contribution in [0.1, 0.15) is 40.5 Å². The summed E-state index contributed by atoms with van der Waals surface area (Å²) in [6.45, 7) is 8.39. The molecule has 3 heteroatoms. The number of allylic oxidation sites excluding steroid dienone is 2. The number of amides is 1. The zero-order chi connectivity index (χ0) is 12.3. The second-order valence-electron chi connectivity index (χ2n) is 2.87. The highest BCUT2D eigenvalue weighted by Crippen LogP contribution is 1.97. The molecule has 3 nitrogen and oxygen atoms in total. The van der Waals surface area contributed by atoms with Crippen LogP contribution in [0.25, 0.3) is 0 Å². The van der Waals surface area contributed by atoms with Gasteiger partial charge in [-0.25, -0.2) is 0 Å². The standard InChI is InChI=1S/C10H17NO2.C2H6/c1-4-6-9(12)7-8-10(13)11(3)5-2;1-2/h4,6H,5,7-8H2,1-3H3;1-2H3/b6-4+;. The van der Waals surface area contributed by atoms with Crippen molar-refractivity contribution in [2.45, 2.75) is 40.5 Å². The third-order valence-electron chi connectivity index (χ3n) is 1.84. The Morgan fingerprint density at radius 3 is 2.13 bits per heavy atom. The normalized spacial score (nSPS) is 9.40. The number of rotatable bonds is 5. The van der Waals surface area contributed by atoms with E-state index in [0.717, 1.165) is 0 Å². The Hall–Kier alpha value is -1.12. The average Bonchev–Trinajstić information content (AvgIpc) is 2.28. The number of hydrogen-bond acceptors (Lipinski definition) is 2. The molecule has 0 heterocycles. The molecule has 0 N–H and O–H groups in total. The highest BCUT2D eigenvalue weighted by molar-refractivity contribution is 5.92. The van der Waals surface area contributed by atoms with Gasteiger partial charge in [-0.3, -0.25) is 9.59 Å². The maximum atomic E-state index is 11.2. The van der Waals surface area contributed by atoms with E-state index in [1.54, 1.807) is 24.9 Å². The molecule has 0 rings (SSSR count). The second kappa shape index (κ2) is 11.0. The van der Waals surface area contributed by atoms with E-state index < -0.39 is 0 Å². The molecule has 0 spiro atoms. The van der Waals surface area contributed by atoms with E-state index in [4.69, 9.17) is 0 Å². The van der Waals surface area contributed by atoms with Crippen molar-refractivity contribution in [2.24, 2.45) is 0 Å². The van der Waals surface area contributed by atoms with E-state index in [1.807, 2.05) is 20.8 Å². The summed E-state index contributed by atoms with van der Waals surface area (Å²) in [4.78, 5) is 23.8. The average molecular weight is 213 g/mol. The fraction of sp³-hybridized carbons (Fsp3) is 0.667. The molecule has 0 radical (unpaired) electrons. The summed E-state index contributed by atoms with van der Waals surface area (Å²) >= 11 is 0. The first kappa shape index (κ1) is 16.3. The molecule has 0 aromatic heterocycles. The van der Waals surface area contributed by atoms with Crippen LogP contribution in [-0.2, 0) is 9.59 Å². The van der Waals surface area contributed by atoms with Crippen LogP contribution in [0.4, 0.5) is 0 Å². The Labute approximate surface area is 93.2 Å². The molecule has 0 aliphatic carbocycles. The van der Waals surface area contributed by atoms with E-state index in [2.05, 4.69) is 0 Å². The molecule has 88 valence electrons. The maximum Gasteiger partial charge on any atom is 0.222 e. The lowest BCUT2D eigenvalue weighted by Gasteiger charge is -2.13. The zero-order valence-electron chi connectivity index (χ0n) is 10.5. The quantitative estimate of drug-likeness (QED) is 0.658. The lowest BCUT2D eigenvalue weighted by atomic mass is 10.2. The summed E-state index contributed by atoms with van der Waals surface area (Å²) in [6.07, 6.45) is 3.82. The SMILES string of the molecule is C/C=C/C(=O)CCC(=O)N(C)CC.CC. The maximum absolute atomic E-state index is 11.2. The Kier molecular flexibility index (Phi) is 11.9. The van der Waals surface area contributed by atoms with Gasteiger partial charge in [0, 0.05) is 26.4 Å². The van der Waals surface area contributed by atoms with Crippen LogP contribution in [0.3, 0.4) is 0 Å². The Morgan fingerprint density at radius 2 is 1.73 bits per heavy atom. The fourth-order valence-electron chi connectivity index (χ4n) is 0.867. The first-order valence-electron chi connectivity index (χ1n) is 5.51. The van der Waals surface area contributed by atoms with Gasteiger partial charge in [0.2, 0.25) is 5.91 Å². The van der Waals surface area contributed by atoms with Gasteiger partial charge in [0.25, 0.3) is 0 Å². The minimum atomic E-state index is 0.0142. The summed E-state index contributed by atoms with van der Waals surface area (Å²) in [5.41, 5.74) is 0. The topological polar surface area (TPSA) is 37.4 Å². The monoisotopic (exact) mass is 213 g/mol. The van der Waals surface area contributed by atoms with Crippen LogP contribution >= 0.6 is 0 Å². The molecule has 0 fully saturated rings. The number of hydrogen-bond donors (Lipinski definition) is 0.